The Morgan fingerprint density at radius 1 is 0.529 bits per heavy atom. The average Bonchev–Trinajstić information content (AvgIpc) is 3.10. The van der Waals surface area contributed by atoms with Crippen LogP contribution in [-0.4, -0.2) is 117 Å². The fraction of sp³-hybridized carbons (Fsp3) is 0.879. The zero-order valence-electron chi connectivity index (χ0n) is 31.3. The van der Waals surface area contributed by atoms with Crippen molar-refractivity contribution in [2.24, 2.45) is 45.9 Å². The summed E-state index contributed by atoms with van der Waals surface area (Å²) in [7, 11) is 0. The van der Waals surface area contributed by atoms with E-state index in [0.29, 0.717) is 110 Å². The van der Waals surface area contributed by atoms with Crippen LogP contribution in [0.3, 0.4) is 0 Å². The van der Waals surface area contributed by atoms with Gasteiger partial charge in [-0.15, -0.1) is 0 Å². The molecular weight excluding hydrogens is 656 g/mol. The highest BCUT2D eigenvalue weighted by Crippen LogP contribution is 2.11. The Morgan fingerprint density at radius 2 is 0.902 bits per heavy atom. The van der Waals surface area contributed by atoms with Crippen molar-refractivity contribution in [3.05, 3.63) is 0 Å². The minimum atomic E-state index is -1.07. The molecule has 0 spiro atoms. The summed E-state index contributed by atoms with van der Waals surface area (Å²) in [6.07, 6.45) is 9.08. The summed E-state index contributed by atoms with van der Waals surface area (Å²) in [5, 5.41) is 8.77. The molecule has 0 aliphatic rings. The van der Waals surface area contributed by atoms with Gasteiger partial charge in [0.2, 0.25) is 17.7 Å². The van der Waals surface area contributed by atoms with Crippen molar-refractivity contribution in [3.63, 3.8) is 0 Å². The molecule has 0 heterocycles. The van der Waals surface area contributed by atoms with Crippen molar-refractivity contribution >= 4 is 23.6 Å². The van der Waals surface area contributed by atoms with Crippen LogP contribution in [0.5, 0.6) is 0 Å². The number of nitrogens with two attached hydrogens (primary N) is 8. The van der Waals surface area contributed by atoms with Gasteiger partial charge in [0.05, 0.1) is 24.2 Å². The van der Waals surface area contributed by atoms with Gasteiger partial charge in [-0.1, -0.05) is 25.7 Å². The number of nitrogens with one attached hydrogen (secondary N) is 5. The summed E-state index contributed by atoms with van der Waals surface area (Å²) < 4.78 is 0. The molecule has 0 aromatic heterocycles. The molecule has 0 aromatic carbocycles. The molecule has 5 atom stereocenters. The van der Waals surface area contributed by atoms with E-state index in [-0.39, 0.29) is 17.7 Å². The van der Waals surface area contributed by atoms with Gasteiger partial charge in [-0.2, -0.15) is 0 Å². The van der Waals surface area contributed by atoms with Gasteiger partial charge < -0.3 is 61.8 Å². The number of hydrogen-bond acceptors (Lipinski definition) is 14. The third-order valence-corrected chi connectivity index (χ3v) is 8.69. The summed E-state index contributed by atoms with van der Waals surface area (Å²) >= 11 is 0. The van der Waals surface area contributed by atoms with Crippen molar-refractivity contribution in [3.8, 4) is 0 Å². The Hall–Kier alpha value is -2.52. The van der Waals surface area contributed by atoms with Crippen molar-refractivity contribution in [2.75, 3.05) is 58.9 Å². The van der Waals surface area contributed by atoms with Crippen LogP contribution < -0.4 is 72.7 Å². The first-order valence-electron chi connectivity index (χ1n) is 18.8. The normalized spacial score (nSPS) is 15.0. The second-order valence-corrected chi connectivity index (χ2v) is 13.5. The van der Waals surface area contributed by atoms with Crippen LogP contribution in [0, 0.1) is 0 Å². The molecule has 0 rings (SSSR count). The number of hydrogen-bond donors (Lipinski definition) is 13. The Morgan fingerprint density at radius 3 is 1.29 bits per heavy atom. The SMILES string of the molecule is CC(CCCN(CCNC(=O)[C@@H](N)CCCCN)CCNC(=O)[C@@H](N)CCCCN)(NNC(=O)[C@@H](N)CCCCN)NC(=O)[C@@H](N)CCCCN. The largest absolute Gasteiger partial charge is 0.353 e. The zero-order chi connectivity index (χ0) is 38.5. The fourth-order valence-corrected chi connectivity index (χ4v) is 5.30. The molecule has 21 N–H and O–H groups in total. The van der Waals surface area contributed by atoms with Crippen LogP contribution in [0.4, 0.5) is 0 Å². The summed E-state index contributed by atoms with van der Waals surface area (Å²) in [4.78, 5) is 53.1. The first-order chi connectivity index (χ1) is 24.3. The summed E-state index contributed by atoms with van der Waals surface area (Å²) in [6.45, 7) is 6.09. The Labute approximate surface area is 305 Å². The molecule has 18 nitrogen and oxygen atoms in total. The topological polar surface area (TPSA) is 340 Å². The van der Waals surface area contributed by atoms with E-state index in [1.165, 1.54) is 0 Å². The number of amides is 4. The Balaban J connectivity index is 5.55. The predicted octanol–water partition coefficient (Wildman–Crippen LogP) is -3.42. The first-order valence-corrected chi connectivity index (χ1v) is 18.8. The molecular formula is C33H74N14O4. The van der Waals surface area contributed by atoms with Crippen LogP contribution in [0.1, 0.15) is 96.8 Å². The maximum absolute atomic E-state index is 13.1. The number of hydrazine groups is 1. The lowest BCUT2D eigenvalue weighted by atomic mass is 10.0. The molecule has 0 aliphatic carbocycles. The summed E-state index contributed by atoms with van der Waals surface area (Å²) in [5.41, 5.74) is 51.2. The number of carbonyl (C=O) groups excluding carboxylic acids is 4. The van der Waals surface area contributed by atoms with Gasteiger partial charge in [0.1, 0.15) is 5.66 Å². The highest BCUT2D eigenvalue weighted by atomic mass is 16.2. The van der Waals surface area contributed by atoms with Crippen LogP contribution in [0.25, 0.3) is 0 Å². The molecule has 4 amide bonds. The van der Waals surface area contributed by atoms with Crippen LogP contribution in [0.2, 0.25) is 0 Å². The predicted molar refractivity (Wildman–Crippen MR) is 203 cm³/mol. The molecule has 0 radical (unpaired) electrons. The quantitative estimate of drug-likeness (QED) is 0.0178. The lowest BCUT2D eigenvalue weighted by Crippen LogP contribution is -2.65. The molecule has 0 aliphatic heterocycles. The van der Waals surface area contributed by atoms with E-state index in [2.05, 4.69) is 31.7 Å². The van der Waals surface area contributed by atoms with E-state index < -0.39 is 35.7 Å². The van der Waals surface area contributed by atoms with E-state index in [4.69, 9.17) is 45.9 Å². The lowest BCUT2D eigenvalue weighted by molar-refractivity contribution is -0.128. The molecule has 0 aromatic rings. The van der Waals surface area contributed by atoms with E-state index in [1.807, 2.05) is 0 Å². The second-order valence-electron chi connectivity index (χ2n) is 13.5. The highest BCUT2D eigenvalue weighted by molar-refractivity contribution is 5.83. The molecule has 0 saturated heterocycles. The molecule has 0 bridgehead atoms. The average molecular weight is 731 g/mol. The summed E-state index contributed by atoms with van der Waals surface area (Å²) in [5.74, 6) is -1.24. The molecule has 51 heavy (non-hydrogen) atoms. The van der Waals surface area contributed by atoms with Gasteiger partial charge >= 0.3 is 0 Å². The Kier molecular flexibility index (Phi) is 28.5. The van der Waals surface area contributed by atoms with Crippen molar-refractivity contribution in [1.82, 2.24) is 31.7 Å². The molecule has 18 heteroatoms. The van der Waals surface area contributed by atoms with Gasteiger partial charge in [0.15, 0.2) is 0 Å². The number of unbranched alkanes of at least 4 members (excludes halogenated alkanes) is 4. The minimum Gasteiger partial charge on any atom is -0.353 e. The van der Waals surface area contributed by atoms with E-state index in [9.17, 15) is 19.2 Å². The van der Waals surface area contributed by atoms with Crippen LogP contribution in [-0.2, 0) is 19.2 Å². The van der Waals surface area contributed by atoms with E-state index >= 15 is 0 Å². The standard InChI is InChI=1S/C33H74N14O4/c1-33(44-31(50)27(40)13-4-8-18-36,46-45-32(51)28(41)14-5-9-19-37)15-10-22-47(23-20-42-29(48)25(38)11-2-6-16-34)24-21-43-30(49)26(39)12-3-7-17-35/h25-28,46H,2-24,34-41H2,1H3,(H,42,48)(H,43,49)(H,44,50)(H,45,51)/t25-,26-,27-,28-,33?/m0/s1. The zero-order valence-corrected chi connectivity index (χ0v) is 31.3. The lowest BCUT2D eigenvalue weighted by Gasteiger charge is -2.34. The number of rotatable bonds is 33. The fourth-order valence-electron chi connectivity index (χ4n) is 5.30. The second kappa shape index (κ2) is 30.0. The van der Waals surface area contributed by atoms with Gasteiger partial charge in [0, 0.05) is 26.2 Å². The van der Waals surface area contributed by atoms with E-state index in [0.717, 1.165) is 38.5 Å². The monoisotopic (exact) mass is 731 g/mol. The number of carbonyl (C=O) groups is 4. The van der Waals surface area contributed by atoms with E-state index in [1.54, 1.807) is 6.92 Å². The molecule has 1 unspecified atom stereocenters. The summed E-state index contributed by atoms with van der Waals surface area (Å²) in [6, 6.07) is -2.73. The maximum Gasteiger partial charge on any atom is 0.251 e. The molecule has 300 valence electrons. The van der Waals surface area contributed by atoms with Gasteiger partial charge in [-0.25, -0.2) is 5.43 Å². The maximum atomic E-state index is 13.1. The van der Waals surface area contributed by atoms with Gasteiger partial charge in [0.25, 0.3) is 5.91 Å². The first kappa shape index (κ1) is 48.5. The third-order valence-electron chi connectivity index (χ3n) is 8.69. The van der Waals surface area contributed by atoms with Gasteiger partial charge in [-0.3, -0.25) is 29.5 Å². The third kappa shape index (κ3) is 24.4. The number of nitrogens with zero attached hydrogens (tertiary/aromatic N) is 1. The Bertz CT molecular complexity index is 915. The molecule has 0 fully saturated rings. The van der Waals surface area contributed by atoms with Crippen LogP contribution >= 0.6 is 0 Å². The smallest absolute Gasteiger partial charge is 0.251 e. The van der Waals surface area contributed by atoms with Gasteiger partial charge in [-0.05, 0) is 104 Å². The van der Waals surface area contributed by atoms with Crippen molar-refractivity contribution in [2.45, 2.75) is 127 Å². The molecule has 0 saturated carbocycles. The van der Waals surface area contributed by atoms with Crippen molar-refractivity contribution in [1.29, 1.82) is 0 Å². The minimum absolute atomic E-state index is 0.233. The van der Waals surface area contributed by atoms with Crippen LogP contribution in [0.15, 0.2) is 0 Å². The van der Waals surface area contributed by atoms with Crippen molar-refractivity contribution < 1.29 is 19.2 Å². The highest BCUT2D eigenvalue weighted by Gasteiger charge is 2.29.